The molecule has 0 saturated carbocycles. The Morgan fingerprint density at radius 1 is 1.13 bits per heavy atom. The van der Waals surface area contributed by atoms with Crippen molar-refractivity contribution in [2.75, 3.05) is 7.11 Å². The van der Waals surface area contributed by atoms with Crippen molar-refractivity contribution in [1.82, 2.24) is 5.06 Å². The first-order chi connectivity index (χ1) is 14.4. The highest BCUT2D eigenvalue weighted by atomic mass is 79.9. The Labute approximate surface area is 182 Å². The fourth-order valence-corrected chi connectivity index (χ4v) is 3.33. The highest BCUT2D eigenvalue weighted by molar-refractivity contribution is 9.10. The Bertz CT molecular complexity index is 983. The van der Waals surface area contributed by atoms with Crippen LogP contribution in [0.3, 0.4) is 0 Å². The SMILES string of the molecule is COc1cc(/C=C/C(=O)ON2C(=O)CCC2=O)cc(Br)c1OCc1ccc(C)cc1. The number of imide groups is 1. The maximum absolute atomic E-state index is 11.9. The highest BCUT2D eigenvalue weighted by Crippen LogP contribution is 2.37. The fraction of sp³-hybridized carbons (Fsp3) is 0.227. The monoisotopic (exact) mass is 473 g/mol. The Morgan fingerprint density at radius 2 is 1.80 bits per heavy atom. The van der Waals surface area contributed by atoms with Gasteiger partial charge >= 0.3 is 5.97 Å². The summed E-state index contributed by atoms with van der Waals surface area (Å²) in [5, 5.41) is 0.505. The van der Waals surface area contributed by atoms with Gasteiger partial charge in [0.2, 0.25) is 0 Å². The Balaban J connectivity index is 1.69. The van der Waals surface area contributed by atoms with Gasteiger partial charge in [-0.15, -0.1) is 5.06 Å². The number of carbonyl (C=O) groups excluding carboxylic acids is 3. The van der Waals surface area contributed by atoms with Crippen LogP contribution >= 0.6 is 15.9 Å². The van der Waals surface area contributed by atoms with E-state index >= 15 is 0 Å². The van der Waals surface area contributed by atoms with Crippen molar-refractivity contribution in [3.05, 3.63) is 63.6 Å². The molecule has 2 amide bonds. The molecule has 0 N–H and O–H groups in total. The van der Waals surface area contributed by atoms with Crippen LogP contribution in [0, 0.1) is 6.92 Å². The lowest BCUT2D eigenvalue weighted by Gasteiger charge is -2.14. The number of nitrogens with zero attached hydrogens (tertiary/aromatic N) is 1. The summed E-state index contributed by atoms with van der Waals surface area (Å²) in [4.78, 5) is 39.8. The molecule has 2 aromatic carbocycles. The van der Waals surface area contributed by atoms with Gasteiger partial charge in [-0.05, 0) is 52.2 Å². The minimum atomic E-state index is -0.826. The minimum absolute atomic E-state index is 0.0457. The summed E-state index contributed by atoms with van der Waals surface area (Å²) in [6.07, 6.45) is 2.71. The van der Waals surface area contributed by atoms with Crippen LogP contribution in [0.4, 0.5) is 0 Å². The van der Waals surface area contributed by atoms with Gasteiger partial charge in [0.1, 0.15) is 6.61 Å². The van der Waals surface area contributed by atoms with Crippen LogP contribution in [0.2, 0.25) is 0 Å². The summed E-state index contributed by atoms with van der Waals surface area (Å²) in [6.45, 7) is 2.39. The summed E-state index contributed by atoms with van der Waals surface area (Å²) in [5.74, 6) is -0.865. The summed E-state index contributed by atoms with van der Waals surface area (Å²) in [5.41, 5.74) is 2.83. The predicted octanol–water partition coefficient (Wildman–Crippen LogP) is 3.97. The van der Waals surface area contributed by atoms with Crippen LogP contribution in [-0.2, 0) is 25.8 Å². The lowest BCUT2D eigenvalue weighted by molar-refractivity contribution is -0.193. The molecule has 1 fully saturated rings. The number of benzene rings is 2. The van der Waals surface area contributed by atoms with Crippen LogP contribution in [0.15, 0.2) is 46.9 Å². The van der Waals surface area contributed by atoms with Gasteiger partial charge in [0.05, 0.1) is 11.6 Å². The van der Waals surface area contributed by atoms with E-state index < -0.39 is 17.8 Å². The fourth-order valence-electron chi connectivity index (χ4n) is 2.76. The standard InChI is InChI=1S/C22H20BrNO6/c1-14-3-5-15(6-4-14)13-29-22-17(23)11-16(12-18(22)28-2)7-10-21(27)30-24-19(25)8-9-20(24)26/h3-7,10-12H,8-9,13H2,1-2H3/b10-7+. The second-order valence-electron chi connectivity index (χ2n) is 6.63. The summed E-state index contributed by atoms with van der Waals surface area (Å²) < 4.78 is 12.0. The van der Waals surface area contributed by atoms with Crippen LogP contribution in [-0.4, -0.2) is 30.0 Å². The van der Waals surface area contributed by atoms with Crippen molar-refractivity contribution < 1.29 is 28.7 Å². The molecule has 0 radical (unpaired) electrons. The molecule has 1 heterocycles. The molecule has 0 unspecified atom stereocenters. The van der Waals surface area contributed by atoms with Crippen molar-refractivity contribution in [3.8, 4) is 11.5 Å². The van der Waals surface area contributed by atoms with E-state index in [9.17, 15) is 14.4 Å². The number of rotatable bonds is 7. The molecule has 0 aliphatic carbocycles. The predicted molar refractivity (Wildman–Crippen MR) is 112 cm³/mol. The molecule has 0 atom stereocenters. The number of methoxy groups -OCH3 is 1. The number of hydroxylamine groups is 2. The van der Waals surface area contributed by atoms with Crippen LogP contribution in [0.1, 0.15) is 29.5 Å². The van der Waals surface area contributed by atoms with Gasteiger partial charge in [-0.3, -0.25) is 9.59 Å². The summed E-state index contributed by atoms with van der Waals surface area (Å²) >= 11 is 3.47. The molecule has 0 aromatic heterocycles. The molecule has 1 saturated heterocycles. The zero-order chi connectivity index (χ0) is 21.7. The van der Waals surface area contributed by atoms with E-state index in [1.165, 1.54) is 18.7 Å². The van der Waals surface area contributed by atoms with Crippen molar-refractivity contribution in [3.63, 3.8) is 0 Å². The first-order valence-electron chi connectivity index (χ1n) is 9.19. The summed E-state index contributed by atoms with van der Waals surface area (Å²) in [6, 6.07) is 11.5. The quantitative estimate of drug-likeness (QED) is 0.446. The normalized spacial score (nSPS) is 13.8. The average molecular weight is 474 g/mol. The molecule has 2 aromatic rings. The van der Waals surface area contributed by atoms with Gasteiger partial charge in [-0.1, -0.05) is 29.8 Å². The number of ether oxygens (including phenoxy) is 2. The van der Waals surface area contributed by atoms with Gasteiger partial charge in [-0.25, -0.2) is 4.79 Å². The minimum Gasteiger partial charge on any atom is -0.493 e. The van der Waals surface area contributed by atoms with Crippen molar-refractivity contribution in [2.45, 2.75) is 26.4 Å². The molecule has 1 aliphatic rings. The first kappa shape index (κ1) is 21.6. The van der Waals surface area contributed by atoms with E-state index in [1.807, 2.05) is 31.2 Å². The molecular formula is C22H20BrNO6. The zero-order valence-electron chi connectivity index (χ0n) is 16.5. The van der Waals surface area contributed by atoms with Crippen molar-refractivity contribution >= 4 is 39.8 Å². The van der Waals surface area contributed by atoms with Crippen LogP contribution in [0.5, 0.6) is 11.5 Å². The number of halogens is 1. The maximum atomic E-state index is 11.9. The van der Waals surface area contributed by atoms with Gasteiger partial charge in [0.15, 0.2) is 11.5 Å². The Morgan fingerprint density at radius 3 is 2.43 bits per heavy atom. The number of hydrogen-bond acceptors (Lipinski definition) is 6. The second kappa shape index (κ2) is 9.58. The lowest BCUT2D eigenvalue weighted by atomic mass is 10.1. The van der Waals surface area contributed by atoms with Gasteiger partial charge in [0.25, 0.3) is 11.8 Å². The molecule has 0 spiro atoms. The second-order valence-corrected chi connectivity index (χ2v) is 7.49. The van der Waals surface area contributed by atoms with Gasteiger partial charge in [-0.2, -0.15) is 0 Å². The molecule has 8 heteroatoms. The number of carbonyl (C=O) groups is 3. The molecule has 30 heavy (non-hydrogen) atoms. The number of amides is 2. The van der Waals surface area contributed by atoms with E-state index in [0.717, 1.165) is 11.6 Å². The van der Waals surface area contributed by atoms with Gasteiger partial charge < -0.3 is 14.3 Å². The molecule has 3 rings (SSSR count). The Hall–Kier alpha value is -3.13. The van der Waals surface area contributed by atoms with Crippen LogP contribution in [0.25, 0.3) is 6.08 Å². The third-order valence-corrected chi connectivity index (χ3v) is 4.94. The summed E-state index contributed by atoms with van der Waals surface area (Å²) in [7, 11) is 1.52. The van der Waals surface area contributed by atoms with E-state index in [0.29, 0.717) is 33.2 Å². The zero-order valence-corrected chi connectivity index (χ0v) is 18.1. The van der Waals surface area contributed by atoms with Gasteiger partial charge in [0, 0.05) is 18.9 Å². The maximum Gasteiger partial charge on any atom is 0.356 e. The molecular weight excluding hydrogens is 454 g/mol. The largest absolute Gasteiger partial charge is 0.493 e. The highest BCUT2D eigenvalue weighted by Gasteiger charge is 2.32. The molecule has 156 valence electrons. The van der Waals surface area contributed by atoms with Crippen molar-refractivity contribution in [2.24, 2.45) is 0 Å². The van der Waals surface area contributed by atoms with Crippen molar-refractivity contribution in [1.29, 1.82) is 0 Å². The number of aryl methyl sites for hydroxylation is 1. The third-order valence-electron chi connectivity index (χ3n) is 4.35. The smallest absolute Gasteiger partial charge is 0.356 e. The number of hydrogen-bond donors (Lipinski definition) is 0. The molecule has 0 bridgehead atoms. The molecule has 1 aliphatic heterocycles. The van der Waals surface area contributed by atoms with E-state index in [1.54, 1.807) is 12.1 Å². The van der Waals surface area contributed by atoms with E-state index in [-0.39, 0.29) is 12.8 Å². The molecule has 7 nitrogen and oxygen atoms in total. The topological polar surface area (TPSA) is 82.1 Å². The van der Waals surface area contributed by atoms with Crippen LogP contribution < -0.4 is 9.47 Å². The van der Waals surface area contributed by atoms with E-state index in [4.69, 9.17) is 14.3 Å². The first-order valence-corrected chi connectivity index (χ1v) is 9.98. The third kappa shape index (κ3) is 5.27. The lowest BCUT2D eigenvalue weighted by Crippen LogP contribution is -2.31. The van der Waals surface area contributed by atoms with E-state index in [2.05, 4.69) is 15.9 Å². The Kier molecular flexibility index (Phi) is 6.89. The average Bonchev–Trinajstić information content (AvgIpc) is 3.04.